The number of carboxylic acid groups (broad SMARTS) is 1. The maximum Gasteiger partial charge on any atom is 0.335 e. The van der Waals surface area contributed by atoms with Crippen LogP contribution in [0.5, 0.6) is 11.6 Å². The lowest BCUT2D eigenvalue weighted by molar-refractivity contribution is 0.0697. The van der Waals surface area contributed by atoms with Crippen molar-refractivity contribution in [3.63, 3.8) is 0 Å². The topological polar surface area (TPSA) is 119 Å². The van der Waals surface area contributed by atoms with Gasteiger partial charge >= 0.3 is 5.97 Å². The summed E-state index contributed by atoms with van der Waals surface area (Å²) in [5, 5.41) is 16.6. The van der Waals surface area contributed by atoms with Gasteiger partial charge in [0.15, 0.2) is 0 Å². The Hall–Kier alpha value is -4.21. The summed E-state index contributed by atoms with van der Waals surface area (Å²) in [6.07, 6.45) is 9.38. The number of H-pyrrole nitrogens is 1. The summed E-state index contributed by atoms with van der Waals surface area (Å²) in [5.41, 5.74) is 3.04. The van der Waals surface area contributed by atoms with Gasteiger partial charge in [-0.2, -0.15) is 0 Å². The Morgan fingerprint density at radius 3 is 2.78 bits per heavy atom. The highest BCUT2D eigenvalue weighted by Gasteiger charge is 2.19. The van der Waals surface area contributed by atoms with E-state index in [1.165, 1.54) is 17.5 Å². The summed E-state index contributed by atoms with van der Waals surface area (Å²) >= 11 is 0. The quantitative estimate of drug-likeness (QED) is 0.115. The highest BCUT2D eigenvalue weighted by Crippen LogP contribution is 2.31. The van der Waals surface area contributed by atoms with Crippen molar-refractivity contribution in [2.45, 2.75) is 44.8 Å². The first kappa shape index (κ1) is 27.0. The molecule has 0 spiro atoms. The molecule has 3 heterocycles. The van der Waals surface area contributed by atoms with E-state index in [4.69, 9.17) is 14.2 Å². The first-order valence-corrected chi connectivity index (χ1v) is 14.2. The van der Waals surface area contributed by atoms with Crippen LogP contribution in [0.4, 0.5) is 0 Å². The van der Waals surface area contributed by atoms with Gasteiger partial charge in [-0.3, -0.25) is 4.98 Å². The van der Waals surface area contributed by atoms with E-state index in [9.17, 15) is 9.90 Å². The number of nitrogens with one attached hydrogen (secondary N) is 2. The number of carbonyl (C=O) groups is 1. The van der Waals surface area contributed by atoms with Crippen molar-refractivity contribution in [3.8, 4) is 11.6 Å². The number of rotatable bonds is 14. The Morgan fingerprint density at radius 2 is 1.93 bits per heavy atom. The second-order valence-electron chi connectivity index (χ2n) is 10.4. The number of pyridine rings is 2. The average Bonchev–Trinajstić information content (AvgIpc) is 3.37. The van der Waals surface area contributed by atoms with Crippen molar-refractivity contribution in [3.05, 3.63) is 72.2 Å². The van der Waals surface area contributed by atoms with Crippen LogP contribution in [0.1, 0.15) is 48.2 Å². The van der Waals surface area contributed by atoms with E-state index >= 15 is 0 Å². The molecule has 9 heteroatoms. The highest BCUT2D eigenvalue weighted by molar-refractivity contribution is 6.08. The number of aromatic nitrogens is 3. The van der Waals surface area contributed by atoms with E-state index < -0.39 is 5.97 Å². The second kappa shape index (κ2) is 12.5. The van der Waals surface area contributed by atoms with E-state index in [0.29, 0.717) is 37.3 Å². The van der Waals surface area contributed by atoms with E-state index in [2.05, 4.69) is 38.5 Å². The summed E-state index contributed by atoms with van der Waals surface area (Å²) in [6, 6.07) is 15.2. The molecule has 1 aliphatic rings. The number of hydrogen-bond donors (Lipinski definition) is 3. The molecule has 0 unspecified atom stereocenters. The summed E-state index contributed by atoms with van der Waals surface area (Å²) < 4.78 is 17.7. The molecule has 0 aliphatic heterocycles. The lowest BCUT2D eigenvalue weighted by atomic mass is 9.96. The van der Waals surface area contributed by atoms with Gasteiger partial charge in [-0.05, 0) is 81.1 Å². The molecule has 41 heavy (non-hydrogen) atoms. The molecule has 5 aromatic rings. The molecule has 0 atom stereocenters. The molecule has 1 aliphatic carbocycles. The molecule has 3 N–H and O–H groups in total. The van der Waals surface area contributed by atoms with Crippen LogP contribution in [0.25, 0.3) is 32.6 Å². The van der Waals surface area contributed by atoms with Crippen molar-refractivity contribution in [2.24, 2.45) is 0 Å². The number of unbranched alkanes of at least 4 members (excludes halogenated alkanes) is 1. The molecule has 9 nitrogen and oxygen atoms in total. The first-order valence-electron chi connectivity index (χ1n) is 14.2. The van der Waals surface area contributed by atoms with E-state index in [1.807, 2.05) is 12.1 Å². The van der Waals surface area contributed by atoms with Gasteiger partial charge in [0, 0.05) is 58.3 Å². The number of aromatic carboxylic acids is 1. The highest BCUT2D eigenvalue weighted by atomic mass is 16.5. The molecule has 1 saturated carbocycles. The van der Waals surface area contributed by atoms with Crippen molar-refractivity contribution < 1.29 is 24.1 Å². The van der Waals surface area contributed by atoms with Crippen molar-refractivity contribution in [1.29, 1.82) is 0 Å². The maximum absolute atomic E-state index is 11.4. The fourth-order valence-electron chi connectivity index (χ4n) is 5.06. The predicted octanol–water partition coefficient (Wildman–Crippen LogP) is 5.86. The number of benzene rings is 2. The van der Waals surface area contributed by atoms with Gasteiger partial charge in [-0.15, -0.1) is 0 Å². The Kier molecular flexibility index (Phi) is 8.25. The molecule has 3 aromatic heterocycles. The molecule has 2 aromatic carbocycles. The van der Waals surface area contributed by atoms with E-state index in [0.717, 1.165) is 66.2 Å². The van der Waals surface area contributed by atoms with Crippen LogP contribution in [0.3, 0.4) is 0 Å². The summed E-state index contributed by atoms with van der Waals surface area (Å²) in [5.74, 6) is 0.413. The Labute approximate surface area is 237 Å². The van der Waals surface area contributed by atoms with E-state index in [1.54, 1.807) is 30.6 Å². The standard InChI is InChI=1S/C32H34N4O5/c37-32(38)21-6-8-26-28-20-34-12-10-27(28)31(36-30(26)18-21)40-15-14-39-13-2-1-11-33-19-23-16-22-17-25(7-9-29(22)35-23)41-24-4-3-5-24/h6-10,12,16-18,20,24,33,35H,1-5,11,13-15,19H2,(H,37,38). The largest absolute Gasteiger partial charge is 0.490 e. The summed E-state index contributed by atoms with van der Waals surface area (Å²) in [6.45, 7) is 3.14. The summed E-state index contributed by atoms with van der Waals surface area (Å²) in [7, 11) is 0. The number of aromatic amines is 1. The summed E-state index contributed by atoms with van der Waals surface area (Å²) in [4.78, 5) is 23.7. The van der Waals surface area contributed by atoms with Gasteiger partial charge in [-0.1, -0.05) is 6.07 Å². The van der Waals surface area contributed by atoms with Crippen molar-refractivity contribution >= 4 is 38.5 Å². The van der Waals surface area contributed by atoms with E-state index in [-0.39, 0.29) is 5.56 Å². The molecule has 0 amide bonds. The molecule has 6 rings (SSSR count). The van der Waals surface area contributed by atoms with Crippen molar-refractivity contribution in [1.82, 2.24) is 20.3 Å². The maximum atomic E-state index is 11.4. The zero-order valence-corrected chi connectivity index (χ0v) is 22.9. The first-order chi connectivity index (χ1) is 20.1. The number of ether oxygens (including phenoxy) is 3. The minimum atomic E-state index is -0.993. The molecule has 0 bridgehead atoms. The number of carboxylic acids is 1. The lowest BCUT2D eigenvalue weighted by Gasteiger charge is -2.26. The molecule has 0 saturated heterocycles. The van der Waals surface area contributed by atoms with Gasteiger partial charge in [0.1, 0.15) is 12.4 Å². The minimum absolute atomic E-state index is 0.182. The van der Waals surface area contributed by atoms with Crippen LogP contribution in [-0.2, 0) is 11.3 Å². The SMILES string of the molecule is O=C(O)c1ccc2c(c1)nc(OCCOCCCCNCc1cc3cc(OC4CCC4)ccc3[nH]1)c1ccncc12. The third-order valence-electron chi connectivity index (χ3n) is 7.49. The number of nitrogens with zero attached hydrogens (tertiary/aromatic N) is 2. The van der Waals surface area contributed by atoms with Gasteiger partial charge in [0.2, 0.25) is 5.88 Å². The zero-order valence-electron chi connectivity index (χ0n) is 22.9. The molecule has 1 fully saturated rings. The van der Waals surface area contributed by atoms with Gasteiger partial charge in [-0.25, -0.2) is 9.78 Å². The monoisotopic (exact) mass is 554 g/mol. The predicted molar refractivity (Wildman–Crippen MR) is 158 cm³/mol. The van der Waals surface area contributed by atoms with Crippen LogP contribution in [0, 0.1) is 0 Å². The van der Waals surface area contributed by atoms with Gasteiger partial charge < -0.3 is 29.6 Å². The Morgan fingerprint density at radius 1 is 1.00 bits per heavy atom. The Bertz CT molecular complexity index is 1660. The van der Waals surface area contributed by atoms with Gasteiger partial charge in [0.25, 0.3) is 0 Å². The molecular formula is C32H34N4O5. The van der Waals surface area contributed by atoms with Crippen molar-refractivity contribution in [2.75, 3.05) is 26.4 Å². The Balaban J connectivity index is 0.906. The second-order valence-corrected chi connectivity index (χ2v) is 10.4. The smallest absolute Gasteiger partial charge is 0.335 e. The fourth-order valence-corrected chi connectivity index (χ4v) is 5.06. The zero-order chi connectivity index (χ0) is 28.0. The molecular weight excluding hydrogens is 520 g/mol. The van der Waals surface area contributed by atoms with Gasteiger partial charge in [0.05, 0.1) is 23.8 Å². The van der Waals surface area contributed by atoms with Crippen LogP contribution >= 0.6 is 0 Å². The lowest BCUT2D eigenvalue weighted by Crippen LogP contribution is -2.24. The normalized spacial score (nSPS) is 13.6. The third kappa shape index (κ3) is 6.42. The fraction of sp³-hybridized carbons (Fsp3) is 0.344. The van der Waals surface area contributed by atoms with Crippen LogP contribution < -0.4 is 14.8 Å². The molecule has 0 radical (unpaired) electrons. The van der Waals surface area contributed by atoms with Crippen LogP contribution in [-0.4, -0.2) is 58.5 Å². The van der Waals surface area contributed by atoms with Crippen LogP contribution in [0.15, 0.2) is 60.9 Å². The third-order valence-corrected chi connectivity index (χ3v) is 7.49. The number of fused-ring (bicyclic) bond motifs is 4. The molecule has 212 valence electrons. The minimum Gasteiger partial charge on any atom is -0.490 e. The van der Waals surface area contributed by atoms with Crippen LogP contribution in [0.2, 0.25) is 0 Å². The average molecular weight is 555 g/mol. The number of hydrogen-bond acceptors (Lipinski definition) is 7.